The highest BCUT2D eigenvalue weighted by atomic mass is 16.5. The van der Waals surface area contributed by atoms with Crippen LogP contribution in [0.5, 0.6) is 5.75 Å². The van der Waals surface area contributed by atoms with Gasteiger partial charge in [0.1, 0.15) is 29.5 Å². The molecule has 0 fully saturated rings. The van der Waals surface area contributed by atoms with E-state index in [1.54, 1.807) is 11.9 Å². The van der Waals surface area contributed by atoms with Gasteiger partial charge in [0.25, 0.3) is 0 Å². The predicted molar refractivity (Wildman–Crippen MR) is 118 cm³/mol. The molecule has 0 bridgehead atoms. The summed E-state index contributed by atoms with van der Waals surface area (Å²) in [7, 11) is 1.81. The van der Waals surface area contributed by atoms with Gasteiger partial charge in [-0.15, -0.1) is 0 Å². The van der Waals surface area contributed by atoms with E-state index < -0.39 is 0 Å². The van der Waals surface area contributed by atoms with Crippen LogP contribution in [0.1, 0.15) is 41.3 Å². The zero-order valence-corrected chi connectivity index (χ0v) is 18.2. The van der Waals surface area contributed by atoms with Crippen molar-refractivity contribution >= 4 is 16.9 Å². The summed E-state index contributed by atoms with van der Waals surface area (Å²) in [5, 5.41) is 4.98. The summed E-state index contributed by atoms with van der Waals surface area (Å²) >= 11 is 0. The number of rotatable bonds is 7. The Labute approximate surface area is 181 Å². The molecule has 0 aliphatic rings. The van der Waals surface area contributed by atoms with Crippen molar-refractivity contribution in [1.29, 1.82) is 0 Å². The third kappa shape index (κ3) is 4.48. The van der Waals surface area contributed by atoms with E-state index in [2.05, 4.69) is 5.16 Å². The van der Waals surface area contributed by atoms with Crippen LogP contribution in [0.2, 0.25) is 0 Å². The average Bonchev–Trinajstić information content (AvgIpc) is 3.35. The van der Waals surface area contributed by atoms with Gasteiger partial charge in [-0.25, -0.2) is 0 Å². The Morgan fingerprint density at radius 1 is 1.13 bits per heavy atom. The molecular weight excluding hydrogens is 392 g/mol. The van der Waals surface area contributed by atoms with Gasteiger partial charge in [0.05, 0.1) is 23.7 Å². The predicted octanol–water partition coefficient (Wildman–Crippen LogP) is 5.38. The van der Waals surface area contributed by atoms with Crippen LogP contribution in [0, 0.1) is 13.8 Å². The van der Waals surface area contributed by atoms with E-state index in [4.69, 9.17) is 13.7 Å². The lowest BCUT2D eigenvalue weighted by Gasteiger charge is -2.23. The van der Waals surface area contributed by atoms with E-state index in [-0.39, 0.29) is 11.9 Å². The van der Waals surface area contributed by atoms with Crippen LogP contribution < -0.4 is 4.74 Å². The fourth-order valence-corrected chi connectivity index (χ4v) is 3.48. The first-order valence-corrected chi connectivity index (χ1v) is 10.3. The number of carbonyl (C=O) groups is 1. The summed E-state index contributed by atoms with van der Waals surface area (Å²) in [6, 6.07) is 17.3. The minimum atomic E-state index is -0.155. The summed E-state index contributed by atoms with van der Waals surface area (Å²) < 4.78 is 16.9. The number of hydrogen-bond acceptors (Lipinski definition) is 5. The van der Waals surface area contributed by atoms with Crippen LogP contribution in [0.25, 0.3) is 11.0 Å². The lowest BCUT2D eigenvalue weighted by molar-refractivity contribution is -0.131. The second-order valence-corrected chi connectivity index (χ2v) is 7.78. The highest BCUT2D eigenvalue weighted by Crippen LogP contribution is 2.27. The molecule has 0 spiro atoms. The number of fused-ring (bicyclic) bond motifs is 1. The Bertz CT molecular complexity index is 1140. The maximum atomic E-state index is 12.8. The minimum Gasteiger partial charge on any atom is -0.489 e. The van der Waals surface area contributed by atoms with Crippen molar-refractivity contribution in [1.82, 2.24) is 10.1 Å². The highest BCUT2D eigenvalue weighted by Gasteiger charge is 2.21. The zero-order chi connectivity index (χ0) is 22.0. The number of para-hydroxylation sites is 1. The number of nitrogens with zero attached hydrogens (tertiary/aromatic N) is 2. The lowest BCUT2D eigenvalue weighted by atomic mass is 10.1. The molecule has 1 atom stereocenters. The SMILES string of the molecule is Cc1noc(C)c1COc1ccc(CC(=O)N(C)[C@@H](C)c2cc3ccccc3o2)cc1. The maximum absolute atomic E-state index is 12.8. The Kier molecular flexibility index (Phi) is 5.80. The number of likely N-dealkylation sites (N-methyl/N-ethyl adjacent to an activating group) is 1. The molecule has 160 valence electrons. The van der Waals surface area contributed by atoms with Crippen molar-refractivity contribution in [2.75, 3.05) is 7.05 Å². The smallest absolute Gasteiger partial charge is 0.227 e. The van der Waals surface area contributed by atoms with Crippen molar-refractivity contribution in [2.45, 2.75) is 39.8 Å². The van der Waals surface area contributed by atoms with Crippen LogP contribution in [-0.4, -0.2) is 23.0 Å². The monoisotopic (exact) mass is 418 g/mol. The van der Waals surface area contributed by atoms with Crippen molar-refractivity contribution in [2.24, 2.45) is 0 Å². The van der Waals surface area contributed by atoms with E-state index in [9.17, 15) is 4.79 Å². The van der Waals surface area contributed by atoms with E-state index >= 15 is 0 Å². The number of aryl methyl sites for hydroxylation is 2. The van der Waals surface area contributed by atoms with Crippen LogP contribution in [-0.2, 0) is 17.8 Å². The van der Waals surface area contributed by atoms with E-state index in [1.165, 1.54) is 0 Å². The molecule has 0 saturated heterocycles. The van der Waals surface area contributed by atoms with Gasteiger partial charge in [-0.05, 0) is 50.6 Å². The van der Waals surface area contributed by atoms with Crippen LogP contribution in [0.15, 0.2) is 63.5 Å². The van der Waals surface area contributed by atoms with Crippen LogP contribution in [0.3, 0.4) is 0 Å². The molecule has 2 aromatic heterocycles. The molecule has 4 rings (SSSR count). The molecule has 2 aromatic carbocycles. The number of aromatic nitrogens is 1. The Morgan fingerprint density at radius 2 is 1.87 bits per heavy atom. The highest BCUT2D eigenvalue weighted by molar-refractivity contribution is 5.80. The van der Waals surface area contributed by atoms with Crippen LogP contribution in [0.4, 0.5) is 0 Å². The van der Waals surface area contributed by atoms with E-state index in [1.807, 2.05) is 75.4 Å². The van der Waals surface area contributed by atoms with Crippen molar-refractivity contribution in [3.05, 3.63) is 82.9 Å². The molecule has 0 aliphatic heterocycles. The van der Waals surface area contributed by atoms with Gasteiger partial charge in [-0.2, -0.15) is 0 Å². The molecular formula is C25H26N2O4. The first-order chi connectivity index (χ1) is 14.9. The molecule has 0 aliphatic carbocycles. The molecule has 0 radical (unpaired) electrons. The third-order valence-corrected chi connectivity index (χ3v) is 5.67. The number of furan rings is 1. The topological polar surface area (TPSA) is 68.7 Å². The molecule has 6 heteroatoms. The summed E-state index contributed by atoms with van der Waals surface area (Å²) in [6.07, 6.45) is 0.311. The van der Waals surface area contributed by atoms with Gasteiger partial charge in [0.2, 0.25) is 5.91 Å². The van der Waals surface area contributed by atoms with Gasteiger partial charge >= 0.3 is 0 Å². The number of carbonyl (C=O) groups excluding carboxylic acids is 1. The first kappa shape index (κ1) is 20.7. The molecule has 0 saturated carbocycles. The average molecular weight is 418 g/mol. The molecule has 6 nitrogen and oxygen atoms in total. The normalized spacial score (nSPS) is 12.1. The second-order valence-electron chi connectivity index (χ2n) is 7.78. The quantitative estimate of drug-likeness (QED) is 0.403. The van der Waals surface area contributed by atoms with Gasteiger partial charge in [0, 0.05) is 12.4 Å². The van der Waals surface area contributed by atoms with E-state index in [0.29, 0.717) is 13.0 Å². The number of benzene rings is 2. The minimum absolute atomic E-state index is 0.0253. The molecule has 4 aromatic rings. The summed E-state index contributed by atoms with van der Waals surface area (Å²) in [5.41, 5.74) is 3.55. The zero-order valence-electron chi connectivity index (χ0n) is 18.2. The summed E-state index contributed by atoms with van der Waals surface area (Å²) in [4.78, 5) is 14.5. The lowest BCUT2D eigenvalue weighted by Crippen LogP contribution is -2.30. The van der Waals surface area contributed by atoms with Crippen molar-refractivity contribution < 1.29 is 18.5 Å². The molecule has 31 heavy (non-hydrogen) atoms. The standard InChI is InChI=1S/C25H26N2O4/c1-16-22(18(3)31-26-16)15-29-21-11-9-19(10-12-21)13-25(28)27(4)17(2)24-14-20-7-5-6-8-23(20)30-24/h5-12,14,17H,13,15H2,1-4H3/t17-/m0/s1. The third-order valence-electron chi connectivity index (χ3n) is 5.67. The molecule has 1 amide bonds. The fourth-order valence-electron chi connectivity index (χ4n) is 3.48. The Hall–Kier alpha value is -3.54. The van der Waals surface area contributed by atoms with Crippen molar-refractivity contribution in [3.63, 3.8) is 0 Å². The largest absolute Gasteiger partial charge is 0.489 e. The number of amides is 1. The van der Waals surface area contributed by atoms with Crippen molar-refractivity contribution in [3.8, 4) is 5.75 Å². The molecule has 0 N–H and O–H groups in total. The number of ether oxygens (including phenoxy) is 1. The van der Waals surface area contributed by atoms with Gasteiger partial charge in [-0.1, -0.05) is 35.5 Å². The van der Waals surface area contributed by atoms with Gasteiger partial charge in [-0.3, -0.25) is 4.79 Å². The van der Waals surface area contributed by atoms with Gasteiger partial charge < -0.3 is 18.6 Å². The molecule has 0 unspecified atom stereocenters. The summed E-state index contributed by atoms with van der Waals surface area (Å²) in [6.45, 7) is 6.14. The fraction of sp³-hybridized carbons (Fsp3) is 0.280. The first-order valence-electron chi connectivity index (χ1n) is 10.3. The summed E-state index contributed by atoms with van der Waals surface area (Å²) in [5.74, 6) is 2.30. The second kappa shape index (κ2) is 8.68. The Balaban J connectivity index is 1.36. The maximum Gasteiger partial charge on any atom is 0.227 e. The van der Waals surface area contributed by atoms with Crippen LogP contribution >= 0.6 is 0 Å². The van der Waals surface area contributed by atoms with E-state index in [0.717, 1.165) is 45.1 Å². The van der Waals surface area contributed by atoms with Gasteiger partial charge in [0.15, 0.2) is 0 Å². The molecule has 2 heterocycles. The Morgan fingerprint density at radius 3 is 2.55 bits per heavy atom. The number of hydrogen-bond donors (Lipinski definition) is 0.